The van der Waals surface area contributed by atoms with E-state index >= 15 is 0 Å². The van der Waals surface area contributed by atoms with Crippen LogP contribution in [-0.4, -0.2) is 12.1 Å². The Morgan fingerprint density at radius 1 is 1.11 bits per heavy atom. The number of ether oxygens (including phenoxy) is 1. The van der Waals surface area contributed by atoms with Crippen LogP contribution < -0.4 is 10.5 Å². The van der Waals surface area contributed by atoms with Crippen molar-refractivity contribution in [3.63, 3.8) is 0 Å². The summed E-state index contributed by atoms with van der Waals surface area (Å²) < 4.78 is 5.96. The molecule has 0 fully saturated rings. The number of nitrogens with two attached hydrogens (primary N) is 1. The molecule has 0 amide bonds. The first kappa shape index (κ1) is 16.0. The molecular formula is C17H29NO. The fraction of sp³-hybridized carbons (Fsp3) is 0.647. The molecular weight excluding hydrogens is 234 g/mol. The maximum Gasteiger partial charge on any atom is 0.122 e. The van der Waals surface area contributed by atoms with Gasteiger partial charge in [0.2, 0.25) is 0 Å². The molecule has 1 rings (SSSR count). The summed E-state index contributed by atoms with van der Waals surface area (Å²) in [6.07, 6.45) is 1.85. The molecule has 2 heteroatoms. The highest BCUT2D eigenvalue weighted by Crippen LogP contribution is 2.32. The van der Waals surface area contributed by atoms with Gasteiger partial charge in [0.25, 0.3) is 0 Å². The standard InChI is InChI=1S/C17H29NO/c1-7-13-14(16(2,3)4)9-8-10-15(13)19-12-11-17(5,6)18/h8-10H,7,11-12,18H2,1-6H3. The van der Waals surface area contributed by atoms with Gasteiger partial charge in [-0.2, -0.15) is 0 Å². The topological polar surface area (TPSA) is 35.2 Å². The third kappa shape index (κ3) is 4.87. The molecule has 0 bridgehead atoms. The van der Waals surface area contributed by atoms with E-state index in [9.17, 15) is 0 Å². The summed E-state index contributed by atoms with van der Waals surface area (Å²) >= 11 is 0. The second-order valence-corrected chi connectivity index (χ2v) is 6.97. The van der Waals surface area contributed by atoms with Gasteiger partial charge in [0.1, 0.15) is 5.75 Å². The Bertz CT molecular complexity index is 410. The number of benzene rings is 1. The van der Waals surface area contributed by atoms with Crippen LogP contribution in [0, 0.1) is 0 Å². The molecule has 0 heterocycles. The molecule has 2 N–H and O–H groups in total. The van der Waals surface area contributed by atoms with E-state index in [1.165, 1.54) is 11.1 Å². The number of hydrogen-bond acceptors (Lipinski definition) is 2. The van der Waals surface area contributed by atoms with Gasteiger partial charge in [-0.25, -0.2) is 0 Å². The molecule has 0 aliphatic rings. The van der Waals surface area contributed by atoms with Gasteiger partial charge >= 0.3 is 0 Å². The Labute approximate surface area is 118 Å². The minimum absolute atomic E-state index is 0.151. The molecule has 1 aromatic carbocycles. The summed E-state index contributed by atoms with van der Waals surface area (Å²) in [7, 11) is 0. The van der Waals surface area contributed by atoms with Crippen LogP contribution in [0.2, 0.25) is 0 Å². The van der Waals surface area contributed by atoms with Crippen LogP contribution in [0.4, 0.5) is 0 Å². The summed E-state index contributed by atoms with van der Waals surface area (Å²) in [5.74, 6) is 1.01. The van der Waals surface area contributed by atoms with Crippen molar-refractivity contribution in [1.29, 1.82) is 0 Å². The highest BCUT2D eigenvalue weighted by molar-refractivity contribution is 5.43. The lowest BCUT2D eigenvalue weighted by Crippen LogP contribution is -2.33. The van der Waals surface area contributed by atoms with Gasteiger partial charge in [0, 0.05) is 5.54 Å². The van der Waals surface area contributed by atoms with Crippen LogP contribution in [0.3, 0.4) is 0 Å². The minimum Gasteiger partial charge on any atom is -0.493 e. The van der Waals surface area contributed by atoms with Gasteiger partial charge in [-0.1, -0.05) is 39.8 Å². The van der Waals surface area contributed by atoms with Crippen LogP contribution >= 0.6 is 0 Å². The zero-order chi connectivity index (χ0) is 14.7. The summed E-state index contributed by atoms with van der Waals surface area (Å²) in [5.41, 5.74) is 8.67. The first-order valence-corrected chi connectivity index (χ1v) is 7.19. The molecule has 0 aliphatic heterocycles. The molecule has 0 saturated carbocycles. The fourth-order valence-corrected chi connectivity index (χ4v) is 2.19. The predicted octanol–water partition coefficient (Wildman–Crippen LogP) is 4.05. The van der Waals surface area contributed by atoms with Crippen LogP contribution in [0.15, 0.2) is 18.2 Å². The van der Waals surface area contributed by atoms with Gasteiger partial charge < -0.3 is 10.5 Å². The lowest BCUT2D eigenvalue weighted by molar-refractivity contribution is 0.271. The second kappa shape index (κ2) is 5.96. The molecule has 0 aromatic heterocycles. The van der Waals surface area contributed by atoms with Gasteiger partial charge in [0.15, 0.2) is 0 Å². The summed E-state index contributed by atoms with van der Waals surface area (Å²) in [4.78, 5) is 0. The smallest absolute Gasteiger partial charge is 0.122 e. The Balaban J connectivity index is 2.90. The van der Waals surface area contributed by atoms with Crippen LogP contribution in [-0.2, 0) is 11.8 Å². The molecule has 0 saturated heterocycles. The van der Waals surface area contributed by atoms with Gasteiger partial charge in [-0.3, -0.25) is 0 Å². The van der Waals surface area contributed by atoms with Crippen molar-refractivity contribution in [1.82, 2.24) is 0 Å². The zero-order valence-electron chi connectivity index (χ0n) is 13.3. The zero-order valence-corrected chi connectivity index (χ0v) is 13.3. The van der Waals surface area contributed by atoms with E-state index in [0.29, 0.717) is 6.61 Å². The van der Waals surface area contributed by atoms with E-state index in [0.717, 1.165) is 18.6 Å². The molecule has 0 aliphatic carbocycles. The Hall–Kier alpha value is -1.02. The van der Waals surface area contributed by atoms with Crippen molar-refractivity contribution in [2.75, 3.05) is 6.61 Å². The van der Waals surface area contributed by atoms with Gasteiger partial charge in [0.05, 0.1) is 6.61 Å². The Morgan fingerprint density at radius 2 is 1.74 bits per heavy atom. The molecule has 0 atom stereocenters. The maximum absolute atomic E-state index is 5.99. The van der Waals surface area contributed by atoms with E-state index in [2.05, 4.69) is 45.9 Å². The van der Waals surface area contributed by atoms with Gasteiger partial charge in [-0.05, 0) is 49.3 Å². The first-order valence-electron chi connectivity index (χ1n) is 7.19. The molecule has 0 radical (unpaired) electrons. The molecule has 0 spiro atoms. The third-order valence-electron chi connectivity index (χ3n) is 3.30. The second-order valence-electron chi connectivity index (χ2n) is 6.97. The highest BCUT2D eigenvalue weighted by atomic mass is 16.5. The SMILES string of the molecule is CCc1c(OCCC(C)(C)N)cccc1C(C)(C)C. The quantitative estimate of drug-likeness (QED) is 0.869. The average Bonchev–Trinajstić information content (AvgIpc) is 2.25. The monoisotopic (exact) mass is 263 g/mol. The molecule has 108 valence electrons. The summed E-state index contributed by atoms with van der Waals surface area (Å²) in [6.45, 7) is 13.6. The van der Waals surface area contributed by atoms with Crippen LogP contribution in [0.5, 0.6) is 5.75 Å². The van der Waals surface area contributed by atoms with Crippen molar-refractivity contribution < 1.29 is 4.74 Å². The highest BCUT2D eigenvalue weighted by Gasteiger charge is 2.20. The van der Waals surface area contributed by atoms with Crippen molar-refractivity contribution >= 4 is 0 Å². The Kier molecular flexibility index (Phi) is 5.03. The maximum atomic E-state index is 5.99. The van der Waals surface area contributed by atoms with Crippen molar-refractivity contribution in [2.24, 2.45) is 5.73 Å². The van der Waals surface area contributed by atoms with Crippen molar-refractivity contribution in [2.45, 2.75) is 65.3 Å². The van der Waals surface area contributed by atoms with Gasteiger partial charge in [-0.15, -0.1) is 0 Å². The molecule has 19 heavy (non-hydrogen) atoms. The summed E-state index contributed by atoms with van der Waals surface area (Å²) in [5, 5.41) is 0. The van der Waals surface area contributed by atoms with Crippen LogP contribution in [0.1, 0.15) is 59.1 Å². The number of hydrogen-bond donors (Lipinski definition) is 1. The largest absolute Gasteiger partial charge is 0.493 e. The fourth-order valence-electron chi connectivity index (χ4n) is 2.19. The third-order valence-corrected chi connectivity index (χ3v) is 3.30. The van der Waals surface area contributed by atoms with E-state index in [1.807, 2.05) is 13.8 Å². The predicted molar refractivity (Wildman–Crippen MR) is 82.9 cm³/mol. The normalized spacial score (nSPS) is 12.6. The van der Waals surface area contributed by atoms with E-state index in [-0.39, 0.29) is 11.0 Å². The van der Waals surface area contributed by atoms with E-state index < -0.39 is 0 Å². The minimum atomic E-state index is -0.173. The molecule has 2 nitrogen and oxygen atoms in total. The van der Waals surface area contributed by atoms with Crippen molar-refractivity contribution in [3.05, 3.63) is 29.3 Å². The average molecular weight is 263 g/mol. The first-order chi connectivity index (χ1) is 8.65. The Morgan fingerprint density at radius 3 is 2.21 bits per heavy atom. The van der Waals surface area contributed by atoms with E-state index in [4.69, 9.17) is 10.5 Å². The lowest BCUT2D eigenvalue weighted by atomic mass is 9.83. The number of rotatable bonds is 5. The molecule has 1 aromatic rings. The van der Waals surface area contributed by atoms with Crippen LogP contribution in [0.25, 0.3) is 0 Å². The van der Waals surface area contributed by atoms with E-state index in [1.54, 1.807) is 0 Å². The van der Waals surface area contributed by atoms with Crippen molar-refractivity contribution in [3.8, 4) is 5.75 Å². The lowest BCUT2D eigenvalue weighted by Gasteiger charge is -2.25. The summed E-state index contributed by atoms with van der Waals surface area (Å²) in [6, 6.07) is 6.36. The molecule has 0 unspecified atom stereocenters.